The first kappa shape index (κ1) is 27.1. The van der Waals surface area contributed by atoms with Crippen molar-refractivity contribution in [2.24, 2.45) is 11.8 Å². The Bertz CT molecular complexity index is 1700. The predicted molar refractivity (Wildman–Crippen MR) is 148 cm³/mol. The molecule has 1 aromatic carbocycles. The molecule has 3 atom stereocenters. The van der Waals surface area contributed by atoms with Crippen molar-refractivity contribution in [2.45, 2.75) is 18.6 Å². The minimum Gasteiger partial charge on any atom is -0.467 e. The lowest BCUT2D eigenvalue weighted by Crippen LogP contribution is -2.52. The summed E-state index contributed by atoms with van der Waals surface area (Å²) in [6, 6.07) is 17.7. The second-order valence-electron chi connectivity index (χ2n) is 10.0. The highest BCUT2D eigenvalue weighted by atomic mass is 19.4. The van der Waals surface area contributed by atoms with Crippen LogP contribution in [-0.2, 0) is 4.79 Å². The summed E-state index contributed by atoms with van der Waals surface area (Å²) in [5.41, 5.74) is 1.43. The molecular formula is C31H24F3N5O3. The van der Waals surface area contributed by atoms with E-state index < -0.39 is 48.8 Å². The largest absolute Gasteiger partial charge is 0.467 e. The number of pyridine rings is 3. The van der Waals surface area contributed by atoms with Crippen molar-refractivity contribution >= 4 is 28.4 Å². The minimum atomic E-state index is -4.64. The van der Waals surface area contributed by atoms with E-state index in [1.54, 1.807) is 42.7 Å². The van der Waals surface area contributed by atoms with Crippen LogP contribution < -0.4 is 5.32 Å². The maximum absolute atomic E-state index is 14.2. The molecular weight excluding hydrogens is 547 g/mol. The zero-order chi connectivity index (χ0) is 29.3. The summed E-state index contributed by atoms with van der Waals surface area (Å²) in [5.74, 6) is -4.27. The predicted octanol–water partition coefficient (Wildman–Crippen LogP) is 6.31. The topological polar surface area (TPSA) is 101 Å². The van der Waals surface area contributed by atoms with Crippen LogP contribution in [0.4, 0.5) is 19.0 Å². The summed E-state index contributed by atoms with van der Waals surface area (Å²) in [6.07, 6.45) is 2.57. The molecule has 1 fully saturated rings. The van der Waals surface area contributed by atoms with E-state index in [4.69, 9.17) is 4.42 Å². The molecule has 11 heteroatoms. The zero-order valence-corrected chi connectivity index (χ0v) is 22.0. The maximum Gasteiger partial charge on any atom is 0.393 e. The van der Waals surface area contributed by atoms with Crippen LogP contribution in [-0.4, -0.2) is 44.4 Å². The molecule has 42 heavy (non-hydrogen) atoms. The lowest BCUT2D eigenvalue weighted by atomic mass is 9.80. The molecule has 3 unspecified atom stereocenters. The molecule has 0 spiro atoms. The normalized spacial score (nSPS) is 19.0. The van der Waals surface area contributed by atoms with Gasteiger partial charge in [-0.25, -0.2) is 4.98 Å². The van der Waals surface area contributed by atoms with E-state index in [0.29, 0.717) is 5.56 Å². The SMILES string of the molecule is O=C(Nc1ccccn1)C1CC(C(F)(F)F)CN(C(=O)c2ccc(-c3cncc4ccccc34)cn2)C1c1ccco1. The highest BCUT2D eigenvalue weighted by Gasteiger charge is 2.52. The molecule has 4 aromatic heterocycles. The molecule has 0 radical (unpaired) electrons. The van der Waals surface area contributed by atoms with Crippen molar-refractivity contribution < 1.29 is 27.2 Å². The molecule has 212 valence electrons. The number of anilines is 1. The summed E-state index contributed by atoms with van der Waals surface area (Å²) in [4.78, 5) is 41.0. The Labute approximate surface area is 238 Å². The summed E-state index contributed by atoms with van der Waals surface area (Å²) in [5, 5.41) is 4.47. The third-order valence-electron chi connectivity index (χ3n) is 7.45. The molecule has 1 aliphatic heterocycles. The quantitative estimate of drug-likeness (QED) is 0.266. The lowest BCUT2D eigenvalue weighted by molar-refractivity contribution is -0.194. The van der Waals surface area contributed by atoms with Crippen molar-refractivity contribution in [2.75, 3.05) is 11.9 Å². The van der Waals surface area contributed by atoms with Gasteiger partial charge in [-0.1, -0.05) is 36.4 Å². The number of hydrogen-bond acceptors (Lipinski definition) is 6. The number of hydrogen-bond donors (Lipinski definition) is 1. The van der Waals surface area contributed by atoms with E-state index in [0.717, 1.165) is 21.2 Å². The van der Waals surface area contributed by atoms with Crippen molar-refractivity contribution in [3.63, 3.8) is 0 Å². The Kier molecular flexibility index (Phi) is 7.15. The van der Waals surface area contributed by atoms with Gasteiger partial charge >= 0.3 is 6.18 Å². The third kappa shape index (κ3) is 5.32. The van der Waals surface area contributed by atoms with Gasteiger partial charge in [-0.05, 0) is 42.1 Å². The summed E-state index contributed by atoms with van der Waals surface area (Å²) in [6.45, 7) is -0.655. The standard InChI is InChI=1S/C31H24F3N5O3/c32-31(33,34)21-14-23(29(40)38-27-9-3-4-12-36-27)28(26-8-5-13-42-26)39(18-21)30(41)25-11-10-20(16-37-25)24-17-35-15-19-6-1-2-7-22(19)24/h1-13,15-17,21,23,28H,14,18H2,(H,36,38,40). The van der Waals surface area contributed by atoms with Gasteiger partial charge in [0.05, 0.1) is 18.1 Å². The van der Waals surface area contributed by atoms with Gasteiger partial charge in [-0.3, -0.25) is 19.6 Å². The van der Waals surface area contributed by atoms with Crippen LogP contribution in [0.3, 0.4) is 0 Å². The van der Waals surface area contributed by atoms with E-state index in [9.17, 15) is 22.8 Å². The molecule has 1 saturated heterocycles. The second-order valence-corrected chi connectivity index (χ2v) is 10.0. The van der Waals surface area contributed by atoms with Crippen LogP contribution in [0.25, 0.3) is 21.9 Å². The molecule has 0 aliphatic carbocycles. The first-order chi connectivity index (χ1) is 20.3. The number of fused-ring (bicyclic) bond motifs is 1. The summed E-state index contributed by atoms with van der Waals surface area (Å²) in [7, 11) is 0. The Balaban J connectivity index is 1.35. The van der Waals surface area contributed by atoms with E-state index in [1.165, 1.54) is 30.8 Å². The van der Waals surface area contributed by atoms with Crippen molar-refractivity contribution in [3.8, 4) is 11.1 Å². The number of nitrogens with one attached hydrogen (secondary N) is 1. The fourth-order valence-corrected chi connectivity index (χ4v) is 5.42. The number of rotatable bonds is 5. The Morgan fingerprint density at radius 3 is 2.48 bits per heavy atom. The number of piperidine rings is 1. The lowest BCUT2D eigenvalue weighted by Gasteiger charge is -2.43. The smallest absolute Gasteiger partial charge is 0.393 e. The molecule has 1 N–H and O–H groups in total. The molecule has 8 nitrogen and oxygen atoms in total. The van der Waals surface area contributed by atoms with E-state index in [-0.39, 0.29) is 17.3 Å². The van der Waals surface area contributed by atoms with Crippen LogP contribution in [0.1, 0.15) is 28.7 Å². The van der Waals surface area contributed by atoms with Gasteiger partial charge in [-0.2, -0.15) is 13.2 Å². The van der Waals surface area contributed by atoms with Crippen molar-refractivity contribution in [3.05, 3.63) is 109 Å². The Morgan fingerprint density at radius 1 is 0.929 bits per heavy atom. The van der Waals surface area contributed by atoms with Gasteiger partial charge in [0.2, 0.25) is 5.91 Å². The second kappa shape index (κ2) is 11.1. The maximum atomic E-state index is 14.2. The van der Waals surface area contributed by atoms with E-state index >= 15 is 0 Å². The molecule has 5 heterocycles. The number of halogens is 3. The average molecular weight is 572 g/mol. The Morgan fingerprint density at radius 2 is 1.76 bits per heavy atom. The first-order valence-corrected chi connectivity index (χ1v) is 13.2. The van der Waals surface area contributed by atoms with Crippen molar-refractivity contribution in [1.82, 2.24) is 19.9 Å². The number of carbonyl (C=O) groups excluding carboxylic acids is 2. The number of furan rings is 1. The minimum absolute atomic E-state index is 0.0600. The number of likely N-dealkylation sites (tertiary alicyclic amines) is 1. The number of alkyl halides is 3. The van der Waals surface area contributed by atoms with Crippen LogP contribution >= 0.6 is 0 Å². The summed E-state index contributed by atoms with van der Waals surface area (Å²) >= 11 is 0. The number of benzene rings is 1. The van der Waals surface area contributed by atoms with E-state index in [1.807, 2.05) is 24.3 Å². The van der Waals surface area contributed by atoms with Crippen molar-refractivity contribution in [1.29, 1.82) is 0 Å². The highest BCUT2D eigenvalue weighted by Crippen LogP contribution is 2.45. The van der Waals surface area contributed by atoms with Gasteiger partial charge in [0, 0.05) is 47.8 Å². The first-order valence-electron chi connectivity index (χ1n) is 13.2. The fraction of sp³-hybridized carbons (Fsp3) is 0.194. The molecule has 0 bridgehead atoms. The number of aromatic nitrogens is 3. The van der Waals surface area contributed by atoms with Gasteiger partial charge < -0.3 is 14.6 Å². The summed E-state index contributed by atoms with van der Waals surface area (Å²) < 4.78 is 48.0. The Hall–Kier alpha value is -5.06. The number of nitrogens with zero attached hydrogens (tertiary/aromatic N) is 4. The van der Waals surface area contributed by atoms with Gasteiger partial charge in [0.15, 0.2) is 0 Å². The monoisotopic (exact) mass is 571 g/mol. The fourth-order valence-electron chi connectivity index (χ4n) is 5.42. The third-order valence-corrected chi connectivity index (χ3v) is 7.45. The van der Waals surface area contributed by atoms with Crippen LogP contribution in [0.5, 0.6) is 0 Å². The van der Waals surface area contributed by atoms with Crippen LogP contribution in [0.15, 0.2) is 102 Å². The van der Waals surface area contributed by atoms with E-state index in [2.05, 4.69) is 20.3 Å². The number of carbonyl (C=O) groups is 2. The van der Waals surface area contributed by atoms with Gasteiger partial charge in [-0.15, -0.1) is 0 Å². The molecule has 0 saturated carbocycles. The highest BCUT2D eigenvalue weighted by molar-refractivity contribution is 5.97. The average Bonchev–Trinajstić information content (AvgIpc) is 3.55. The zero-order valence-electron chi connectivity index (χ0n) is 22.0. The molecule has 1 aliphatic rings. The van der Waals surface area contributed by atoms with Gasteiger partial charge in [0.1, 0.15) is 23.3 Å². The number of amides is 2. The molecule has 2 amide bonds. The van der Waals surface area contributed by atoms with Gasteiger partial charge in [0.25, 0.3) is 5.91 Å². The van der Waals surface area contributed by atoms with Crippen LogP contribution in [0.2, 0.25) is 0 Å². The van der Waals surface area contributed by atoms with Crippen LogP contribution in [0, 0.1) is 11.8 Å². The molecule has 6 rings (SSSR count). The molecule has 5 aromatic rings.